The Morgan fingerprint density at radius 2 is 1.96 bits per heavy atom. The maximum atomic E-state index is 12.6. The zero-order chi connectivity index (χ0) is 17.8. The van der Waals surface area contributed by atoms with E-state index in [-0.39, 0.29) is 18.2 Å². The fraction of sp³-hybridized carbons (Fsp3) is 0.474. The molecule has 2 aromatic rings. The Morgan fingerprint density at radius 1 is 1.24 bits per heavy atom. The van der Waals surface area contributed by atoms with Gasteiger partial charge in [0.15, 0.2) is 0 Å². The molecular formula is C19H26N4O2. The first-order valence-corrected chi connectivity index (χ1v) is 8.88. The first-order chi connectivity index (χ1) is 12.1. The van der Waals surface area contributed by atoms with Crippen molar-refractivity contribution in [2.45, 2.75) is 38.8 Å². The number of carbonyl (C=O) groups is 1. The van der Waals surface area contributed by atoms with Gasteiger partial charge in [0.2, 0.25) is 0 Å². The average Bonchev–Trinajstić information content (AvgIpc) is 3.16. The molecule has 2 heterocycles. The quantitative estimate of drug-likeness (QED) is 0.897. The molecule has 2 unspecified atom stereocenters. The monoisotopic (exact) mass is 342 g/mol. The van der Waals surface area contributed by atoms with E-state index in [2.05, 4.69) is 10.4 Å². The van der Waals surface area contributed by atoms with Crippen molar-refractivity contribution < 1.29 is 9.90 Å². The van der Waals surface area contributed by atoms with Crippen molar-refractivity contribution in [1.82, 2.24) is 20.0 Å². The van der Waals surface area contributed by atoms with Crippen molar-refractivity contribution in [3.05, 3.63) is 48.3 Å². The van der Waals surface area contributed by atoms with Crippen LogP contribution in [0.5, 0.6) is 0 Å². The van der Waals surface area contributed by atoms with E-state index >= 15 is 0 Å². The predicted molar refractivity (Wildman–Crippen MR) is 96.5 cm³/mol. The van der Waals surface area contributed by atoms with Gasteiger partial charge in [0.25, 0.3) is 0 Å². The number of urea groups is 1. The zero-order valence-electron chi connectivity index (χ0n) is 14.8. The van der Waals surface area contributed by atoms with Crippen molar-refractivity contribution >= 4 is 6.03 Å². The van der Waals surface area contributed by atoms with Gasteiger partial charge in [0.05, 0.1) is 17.8 Å². The highest BCUT2D eigenvalue weighted by molar-refractivity contribution is 5.75. The second-order valence-electron chi connectivity index (χ2n) is 6.75. The minimum absolute atomic E-state index is 0.0492. The van der Waals surface area contributed by atoms with Crippen LogP contribution in [0, 0.1) is 5.92 Å². The maximum Gasteiger partial charge on any atom is 0.317 e. The Labute approximate surface area is 148 Å². The van der Waals surface area contributed by atoms with Crippen LogP contribution in [0.4, 0.5) is 4.79 Å². The van der Waals surface area contributed by atoms with Gasteiger partial charge in [-0.05, 0) is 50.3 Å². The van der Waals surface area contributed by atoms with Crippen LogP contribution < -0.4 is 5.32 Å². The first-order valence-electron chi connectivity index (χ1n) is 8.88. The van der Waals surface area contributed by atoms with Crippen molar-refractivity contribution in [3.63, 3.8) is 0 Å². The molecule has 0 bridgehead atoms. The lowest BCUT2D eigenvalue weighted by Crippen LogP contribution is -2.46. The highest BCUT2D eigenvalue weighted by atomic mass is 16.3. The summed E-state index contributed by atoms with van der Waals surface area (Å²) in [6.07, 6.45) is 5.04. The standard InChI is InChI=1S/C19H26N4O2/c1-14(17-6-3-4-7-18(17)23-11-5-10-20-23)21-19(25)22-12-8-16(9-13-22)15(2)24/h3-7,10-11,14-16,24H,8-9,12-13H2,1-2H3,(H,21,25). The number of aromatic nitrogens is 2. The number of likely N-dealkylation sites (tertiary alicyclic amines) is 1. The molecule has 0 radical (unpaired) electrons. The van der Waals surface area contributed by atoms with E-state index in [1.165, 1.54) is 0 Å². The summed E-state index contributed by atoms with van der Waals surface area (Å²) in [5.41, 5.74) is 1.99. The summed E-state index contributed by atoms with van der Waals surface area (Å²) in [7, 11) is 0. The summed E-state index contributed by atoms with van der Waals surface area (Å²) < 4.78 is 1.81. The Kier molecular flexibility index (Phi) is 5.38. The lowest BCUT2D eigenvalue weighted by molar-refractivity contribution is 0.0794. The number of nitrogens with one attached hydrogen (secondary N) is 1. The third kappa shape index (κ3) is 4.02. The number of carbonyl (C=O) groups excluding carboxylic acids is 1. The Morgan fingerprint density at radius 3 is 2.60 bits per heavy atom. The van der Waals surface area contributed by atoms with Crippen molar-refractivity contribution in [1.29, 1.82) is 0 Å². The number of rotatable bonds is 4. The predicted octanol–water partition coefficient (Wildman–Crippen LogP) is 2.74. The highest BCUT2D eigenvalue weighted by Crippen LogP contribution is 2.23. The van der Waals surface area contributed by atoms with Crippen molar-refractivity contribution in [2.75, 3.05) is 13.1 Å². The molecule has 2 amide bonds. The normalized spacial score (nSPS) is 18.0. The van der Waals surface area contributed by atoms with Gasteiger partial charge in [0.1, 0.15) is 0 Å². The highest BCUT2D eigenvalue weighted by Gasteiger charge is 2.26. The first kappa shape index (κ1) is 17.5. The van der Waals surface area contributed by atoms with E-state index in [4.69, 9.17) is 0 Å². The number of hydrogen-bond acceptors (Lipinski definition) is 3. The smallest absolute Gasteiger partial charge is 0.317 e. The minimum atomic E-state index is -0.301. The molecule has 1 aromatic heterocycles. The summed E-state index contributed by atoms with van der Waals surface area (Å²) in [5, 5.41) is 17.1. The number of nitrogens with zero attached hydrogens (tertiary/aromatic N) is 3. The van der Waals surface area contributed by atoms with Crippen LogP contribution in [0.15, 0.2) is 42.7 Å². The fourth-order valence-corrected chi connectivity index (χ4v) is 3.41. The van der Waals surface area contributed by atoms with Crippen LogP contribution >= 0.6 is 0 Å². The Bertz CT molecular complexity index is 691. The summed E-state index contributed by atoms with van der Waals surface area (Å²) in [6, 6.07) is 9.66. The molecule has 1 fully saturated rings. The Hall–Kier alpha value is -2.34. The lowest BCUT2D eigenvalue weighted by atomic mass is 9.92. The average molecular weight is 342 g/mol. The summed E-state index contributed by atoms with van der Waals surface area (Å²) in [6.45, 7) is 5.20. The summed E-state index contributed by atoms with van der Waals surface area (Å²) in [5.74, 6) is 0.294. The second-order valence-corrected chi connectivity index (χ2v) is 6.75. The van der Waals surface area contributed by atoms with E-state index in [0.29, 0.717) is 19.0 Å². The SMILES string of the molecule is CC(NC(=O)N1CCC(C(C)O)CC1)c1ccccc1-n1cccn1. The largest absolute Gasteiger partial charge is 0.393 e. The molecule has 0 spiro atoms. The van der Waals surface area contributed by atoms with Crippen LogP contribution in [-0.2, 0) is 0 Å². The van der Waals surface area contributed by atoms with Crippen LogP contribution in [0.3, 0.4) is 0 Å². The molecule has 0 saturated carbocycles. The van der Waals surface area contributed by atoms with Crippen LogP contribution in [-0.4, -0.2) is 45.0 Å². The van der Waals surface area contributed by atoms with Crippen LogP contribution in [0.1, 0.15) is 38.3 Å². The fourth-order valence-electron chi connectivity index (χ4n) is 3.41. The Balaban J connectivity index is 1.65. The molecule has 1 saturated heterocycles. The second kappa shape index (κ2) is 7.70. The summed E-state index contributed by atoms with van der Waals surface area (Å²) in [4.78, 5) is 14.4. The number of aliphatic hydroxyl groups is 1. The van der Waals surface area contributed by atoms with Crippen LogP contribution in [0.25, 0.3) is 5.69 Å². The molecule has 1 aliphatic heterocycles. The van der Waals surface area contributed by atoms with E-state index in [9.17, 15) is 9.90 Å². The van der Waals surface area contributed by atoms with Gasteiger partial charge in [-0.1, -0.05) is 18.2 Å². The number of benzene rings is 1. The van der Waals surface area contributed by atoms with E-state index < -0.39 is 0 Å². The van der Waals surface area contributed by atoms with Gasteiger partial charge in [-0.15, -0.1) is 0 Å². The van der Waals surface area contributed by atoms with Crippen LogP contribution in [0.2, 0.25) is 0 Å². The van der Waals surface area contributed by atoms with Gasteiger partial charge < -0.3 is 15.3 Å². The van der Waals surface area contributed by atoms with E-state index in [1.54, 1.807) is 6.20 Å². The molecule has 25 heavy (non-hydrogen) atoms. The molecule has 1 aromatic carbocycles. The third-order valence-electron chi connectivity index (χ3n) is 5.00. The lowest BCUT2D eigenvalue weighted by Gasteiger charge is -2.34. The zero-order valence-corrected chi connectivity index (χ0v) is 14.8. The number of amides is 2. The number of aliphatic hydroxyl groups excluding tert-OH is 1. The summed E-state index contributed by atoms with van der Waals surface area (Å²) >= 11 is 0. The van der Waals surface area contributed by atoms with E-state index in [0.717, 1.165) is 24.1 Å². The molecule has 2 atom stereocenters. The molecule has 3 rings (SSSR count). The van der Waals surface area contributed by atoms with Gasteiger partial charge in [-0.25, -0.2) is 9.48 Å². The molecule has 0 aliphatic carbocycles. The molecule has 2 N–H and O–H groups in total. The third-order valence-corrected chi connectivity index (χ3v) is 5.00. The van der Waals surface area contributed by atoms with E-state index in [1.807, 2.05) is 60.0 Å². The van der Waals surface area contributed by atoms with Crippen molar-refractivity contribution in [2.24, 2.45) is 5.92 Å². The number of hydrogen-bond donors (Lipinski definition) is 2. The maximum absolute atomic E-state index is 12.6. The molecule has 6 nitrogen and oxygen atoms in total. The van der Waals surface area contributed by atoms with Gasteiger partial charge in [0, 0.05) is 25.5 Å². The number of para-hydroxylation sites is 1. The minimum Gasteiger partial charge on any atom is -0.393 e. The molecule has 6 heteroatoms. The number of piperidine rings is 1. The molecule has 1 aliphatic rings. The molecular weight excluding hydrogens is 316 g/mol. The topological polar surface area (TPSA) is 70.4 Å². The van der Waals surface area contributed by atoms with Crippen molar-refractivity contribution in [3.8, 4) is 5.69 Å². The molecule has 134 valence electrons. The van der Waals surface area contributed by atoms with Gasteiger partial charge >= 0.3 is 6.03 Å². The van der Waals surface area contributed by atoms with Gasteiger partial charge in [-0.3, -0.25) is 0 Å². The van der Waals surface area contributed by atoms with Gasteiger partial charge in [-0.2, -0.15) is 5.10 Å².